The molecule has 2 aromatic rings. The van der Waals surface area contributed by atoms with Crippen molar-refractivity contribution in [3.63, 3.8) is 0 Å². The molecule has 3 heterocycles. The number of aryl methyl sites for hydroxylation is 1. The van der Waals surface area contributed by atoms with Crippen LogP contribution in [0.3, 0.4) is 0 Å². The van der Waals surface area contributed by atoms with Crippen molar-refractivity contribution in [3.05, 3.63) is 29.2 Å². The van der Waals surface area contributed by atoms with E-state index in [1.807, 2.05) is 0 Å². The van der Waals surface area contributed by atoms with Gasteiger partial charge in [-0.1, -0.05) is 19.0 Å². The van der Waals surface area contributed by atoms with Gasteiger partial charge in [0.1, 0.15) is 0 Å². The normalized spacial score (nSPS) is 15.2. The van der Waals surface area contributed by atoms with Crippen LogP contribution in [0.4, 0.5) is 0 Å². The predicted molar refractivity (Wildman–Crippen MR) is 86.6 cm³/mol. The molecule has 0 saturated heterocycles. The van der Waals surface area contributed by atoms with Crippen molar-refractivity contribution in [1.29, 1.82) is 0 Å². The van der Waals surface area contributed by atoms with Crippen LogP contribution < -0.4 is 5.32 Å². The van der Waals surface area contributed by atoms with Crippen molar-refractivity contribution in [1.82, 2.24) is 30.1 Å². The lowest BCUT2D eigenvalue weighted by atomic mass is 10.1. The molecule has 2 aromatic heterocycles. The first-order valence-electron chi connectivity index (χ1n) is 8.36. The summed E-state index contributed by atoms with van der Waals surface area (Å²) in [4.78, 5) is 6.62. The fraction of sp³-hybridized carbons (Fsp3) is 0.688. The number of hydrogen-bond acceptors (Lipinski definition) is 6. The van der Waals surface area contributed by atoms with Crippen molar-refractivity contribution in [2.75, 3.05) is 13.6 Å². The number of nitrogens with one attached hydrogen (secondary N) is 1. The summed E-state index contributed by atoms with van der Waals surface area (Å²) in [5.74, 6) is 1.99. The second kappa shape index (κ2) is 7.23. The van der Waals surface area contributed by atoms with Crippen LogP contribution in [0.25, 0.3) is 0 Å². The zero-order chi connectivity index (χ0) is 16.2. The molecule has 3 rings (SSSR count). The third kappa shape index (κ3) is 4.39. The Morgan fingerprint density at radius 1 is 1.39 bits per heavy atom. The minimum Gasteiger partial charge on any atom is -0.339 e. The summed E-state index contributed by atoms with van der Waals surface area (Å²) in [7, 11) is 2.06. The fourth-order valence-corrected chi connectivity index (χ4v) is 2.86. The van der Waals surface area contributed by atoms with Gasteiger partial charge >= 0.3 is 0 Å². The summed E-state index contributed by atoms with van der Waals surface area (Å²) < 4.78 is 7.41. The molecule has 0 aromatic carbocycles. The van der Waals surface area contributed by atoms with Gasteiger partial charge in [0, 0.05) is 26.1 Å². The third-order valence-electron chi connectivity index (χ3n) is 3.88. The van der Waals surface area contributed by atoms with Gasteiger partial charge in [-0.15, -0.1) is 0 Å². The van der Waals surface area contributed by atoms with Crippen molar-refractivity contribution < 1.29 is 4.52 Å². The van der Waals surface area contributed by atoms with E-state index < -0.39 is 0 Å². The van der Waals surface area contributed by atoms with Crippen LogP contribution in [-0.2, 0) is 32.6 Å². The van der Waals surface area contributed by atoms with Crippen LogP contribution in [0.15, 0.2) is 10.6 Å². The standard InChI is InChI=1S/C16H26N6O/c1-12(2)7-16-18-15(20-23-16)11-21(3)10-13-8-14-9-17-5-4-6-22(14)19-13/h8,12,17H,4-7,9-11H2,1-3H3. The van der Waals surface area contributed by atoms with Crippen LogP contribution in [-0.4, -0.2) is 38.4 Å². The fourth-order valence-electron chi connectivity index (χ4n) is 2.86. The van der Waals surface area contributed by atoms with E-state index in [9.17, 15) is 0 Å². The zero-order valence-corrected chi connectivity index (χ0v) is 14.2. The van der Waals surface area contributed by atoms with Crippen LogP contribution in [0.1, 0.15) is 43.4 Å². The molecule has 7 nitrogen and oxygen atoms in total. The number of nitrogens with zero attached hydrogens (tertiary/aromatic N) is 5. The molecule has 0 amide bonds. The van der Waals surface area contributed by atoms with Gasteiger partial charge in [0.25, 0.3) is 0 Å². The molecule has 0 atom stereocenters. The number of aromatic nitrogens is 4. The number of fused-ring (bicyclic) bond motifs is 1. The average Bonchev–Trinajstić information content (AvgIpc) is 2.99. The molecule has 0 bridgehead atoms. The highest BCUT2D eigenvalue weighted by molar-refractivity contribution is 5.11. The largest absolute Gasteiger partial charge is 0.339 e. The second-order valence-corrected chi connectivity index (χ2v) is 6.76. The molecule has 0 aliphatic carbocycles. The van der Waals surface area contributed by atoms with E-state index in [0.717, 1.165) is 56.4 Å². The molecule has 0 fully saturated rings. The molecule has 0 spiro atoms. The van der Waals surface area contributed by atoms with Crippen molar-refractivity contribution in [3.8, 4) is 0 Å². The lowest BCUT2D eigenvalue weighted by molar-refractivity contribution is 0.294. The van der Waals surface area contributed by atoms with Gasteiger partial charge < -0.3 is 9.84 Å². The van der Waals surface area contributed by atoms with Crippen LogP contribution in [0, 0.1) is 5.92 Å². The molecule has 0 radical (unpaired) electrons. The van der Waals surface area contributed by atoms with Crippen molar-refractivity contribution >= 4 is 0 Å². The molecule has 0 saturated carbocycles. The second-order valence-electron chi connectivity index (χ2n) is 6.76. The molecular weight excluding hydrogens is 292 g/mol. The SMILES string of the molecule is CC(C)Cc1nc(CN(C)Cc2cc3n(n2)CCCNC3)no1. The summed E-state index contributed by atoms with van der Waals surface area (Å²) in [5, 5.41) is 12.2. The Morgan fingerprint density at radius 3 is 3.09 bits per heavy atom. The Hall–Kier alpha value is -1.73. The summed E-state index contributed by atoms with van der Waals surface area (Å²) in [6, 6.07) is 2.19. The minimum absolute atomic E-state index is 0.524. The van der Waals surface area contributed by atoms with E-state index in [-0.39, 0.29) is 0 Å². The molecule has 1 aliphatic rings. The summed E-state index contributed by atoms with van der Waals surface area (Å²) in [5.41, 5.74) is 2.36. The highest BCUT2D eigenvalue weighted by Gasteiger charge is 2.14. The maximum Gasteiger partial charge on any atom is 0.226 e. The van der Waals surface area contributed by atoms with Crippen LogP contribution in [0.5, 0.6) is 0 Å². The lowest BCUT2D eigenvalue weighted by Crippen LogP contribution is -2.18. The zero-order valence-electron chi connectivity index (χ0n) is 14.2. The van der Waals surface area contributed by atoms with Gasteiger partial charge in [0.2, 0.25) is 5.89 Å². The van der Waals surface area contributed by atoms with E-state index in [0.29, 0.717) is 12.5 Å². The van der Waals surface area contributed by atoms with E-state index >= 15 is 0 Å². The lowest BCUT2D eigenvalue weighted by Gasteiger charge is -2.12. The molecule has 1 aliphatic heterocycles. The smallest absolute Gasteiger partial charge is 0.226 e. The summed E-state index contributed by atoms with van der Waals surface area (Å²) in [6.07, 6.45) is 1.96. The van der Waals surface area contributed by atoms with E-state index in [2.05, 4.69) is 52.0 Å². The maximum atomic E-state index is 5.29. The molecular formula is C16H26N6O. The van der Waals surface area contributed by atoms with E-state index in [4.69, 9.17) is 9.62 Å². The Labute approximate surface area is 137 Å². The van der Waals surface area contributed by atoms with Gasteiger partial charge in [-0.2, -0.15) is 10.1 Å². The first kappa shape index (κ1) is 16.1. The topological polar surface area (TPSA) is 72.0 Å². The number of hydrogen-bond donors (Lipinski definition) is 1. The van der Waals surface area contributed by atoms with Gasteiger partial charge in [-0.25, -0.2) is 0 Å². The Bertz CT molecular complexity index is 609. The van der Waals surface area contributed by atoms with Gasteiger partial charge in [0.05, 0.1) is 17.9 Å². The van der Waals surface area contributed by atoms with E-state index in [1.54, 1.807) is 0 Å². The monoisotopic (exact) mass is 318 g/mol. The Balaban J connectivity index is 1.56. The van der Waals surface area contributed by atoms with Gasteiger partial charge in [-0.05, 0) is 32.0 Å². The molecule has 0 unspecified atom stereocenters. The highest BCUT2D eigenvalue weighted by Crippen LogP contribution is 2.12. The quantitative estimate of drug-likeness (QED) is 0.872. The van der Waals surface area contributed by atoms with Crippen molar-refractivity contribution in [2.24, 2.45) is 5.92 Å². The summed E-state index contributed by atoms with van der Waals surface area (Å²) in [6.45, 7) is 8.71. The van der Waals surface area contributed by atoms with E-state index in [1.165, 1.54) is 5.69 Å². The van der Waals surface area contributed by atoms with Crippen LogP contribution in [0.2, 0.25) is 0 Å². The van der Waals surface area contributed by atoms with Gasteiger partial charge in [0.15, 0.2) is 5.82 Å². The molecule has 126 valence electrons. The summed E-state index contributed by atoms with van der Waals surface area (Å²) >= 11 is 0. The number of rotatable bonds is 6. The average molecular weight is 318 g/mol. The van der Waals surface area contributed by atoms with Gasteiger partial charge in [-0.3, -0.25) is 9.58 Å². The molecule has 1 N–H and O–H groups in total. The van der Waals surface area contributed by atoms with Crippen molar-refractivity contribution in [2.45, 2.75) is 52.9 Å². The molecule has 23 heavy (non-hydrogen) atoms. The minimum atomic E-state index is 0.524. The first-order chi connectivity index (χ1) is 11.1. The predicted octanol–water partition coefficient (Wildman–Crippen LogP) is 1.59. The Morgan fingerprint density at radius 2 is 2.26 bits per heavy atom. The highest BCUT2D eigenvalue weighted by atomic mass is 16.5. The maximum absolute atomic E-state index is 5.29. The Kier molecular flexibility index (Phi) is 5.07. The first-order valence-corrected chi connectivity index (χ1v) is 8.36. The third-order valence-corrected chi connectivity index (χ3v) is 3.88. The van der Waals surface area contributed by atoms with Crippen LogP contribution >= 0.6 is 0 Å². The molecule has 7 heteroatoms.